The summed E-state index contributed by atoms with van der Waals surface area (Å²) in [6, 6.07) is 0. The monoisotopic (exact) mass is 550 g/mol. The van der Waals surface area contributed by atoms with Gasteiger partial charge < -0.3 is 43.4 Å². The van der Waals surface area contributed by atoms with Crippen molar-refractivity contribution in [3.63, 3.8) is 0 Å². The van der Waals surface area contributed by atoms with Crippen molar-refractivity contribution in [2.24, 2.45) is 5.41 Å². The van der Waals surface area contributed by atoms with Gasteiger partial charge in [-0.3, -0.25) is 0 Å². The van der Waals surface area contributed by atoms with E-state index in [1.807, 2.05) is 6.08 Å². The van der Waals surface area contributed by atoms with Crippen LogP contribution in [0.15, 0.2) is 12.7 Å². The summed E-state index contributed by atoms with van der Waals surface area (Å²) in [4.78, 5) is 0. The van der Waals surface area contributed by atoms with E-state index >= 15 is 0 Å². The van der Waals surface area contributed by atoms with Gasteiger partial charge in [0.1, 0.15) is 6.61 Å². The molecule has 0 saturated carbocycles. The van der Waals surface area contributed by atoms with E-state index in [4.69, 9.17) is 33.2 Å². The van der Waals surface area contributed by atoms with Crippen LogP contribution in [0.4, 0.5) is 0 Å². The molecule has 38 heavy (non-hydrogen) atoms. The quantitative estimate of drug-likeness (QED) is 0.0776. The van der Waals surface area contributed by atoms with Gasteiger partial charge in [0.2, 0.25) is 0 Å². The Labute approximate surface area is 232 Å². The molecule has 0 amide bonds. The van der Waals surface area contributed by atoms with Crippen molar-refractivity contribution in [1.82, 2.24) is 0 Å². The van der Waals surface area contributed by atoms with Crippen LogP contribution < -0.4 is 0 Å². The Morgan fingerprint density at radius 1 is 0.474 bits per heavy atom. The standard InChI is InChI=1S/C29H58O9/c1-5-6-7-8-9-10-11-12-13-14-32-15-16-33-17-18-34-19-20-35-21-22-36-23-24-37-25-26-38-27-29(30,31)28(2,3)4/h5,30-31H,1,6-27H2,2-4H3. The first-order valence-electron chi connectivity index (χ1n) is 14.4. The van der Waals surface area contributed by atoms with Crippen LogP contribution in [0.2, 0.25) is 0 Å². The lowest BCUT2D eigenvalue weighted by atomic mass is 9.86. The molecule has 0 aromatic carbocycles. The minimum atomic E-state index is -1.87. The zero-order valence-corrected chi connectivity index (χ0v) is 24.6. The van der Waals surface area contributed by atoms with Crippen molar-refractivity contribution in [2.75, 3.05) is 92.5 Å². The van der Waals surface area contributed by atoms with Crippen LogP contribution in [0.5, 0.6) is 0 Å². The molecule has 228 valence electrons. The van der Waals surface area contributed by atoms with Gasteiger partial charge in [0, 0.05) is 12.0 Å². The highest BCUT2D eigenvalue weighted by molar-refractivity contribution is 4.79. The summed E-state index contributed by atoms with van der Waals surface area (Å²) in [7, 11) is 0. The Kier molecular flexibility index (Phi) is 26.2. The second-order valence-corrected chi connectivity index (χ2v) is 10.3. The van der Waals surface area contributed by atoms with E-state index in [9.17, 15) is 10.2 Å². The number of rotatable bonds is 30. The molecule has 0 aromatic heterocycles. The number of aliphatic hydroxyl groups is 2. The van der Waals surface area contributed by atoms with E-state index < -0.39 is 11.2 Å². The third kappa shape index (κ3) is 25.6. The van der Waals surface area contributed by atoms with Crippen molar-refractivity contribution in [1.29, 1.82) is 0 Å². The zero-order chi connectivity index (χ0) is 28.2. The smallest absolute Gasteiger partial charge is 0.191 e. The fourth-order valence-corrected chi connectivity index (χ4v) is 3.13. The van der Waals surface area contributed by atoms with E-state index in [1.165, 1.54) is 38.5 Å². The maximum atomic E-state index is 9.89. The van der Waals surface area contributed by atoms with E-state index in [-0.39, 0.29) is 6.61 Å². The van der Waals surface area contributed by atoms with Crippen LogP contribution in [0.3, 0.4) is 0 Å². The van der Waals surface area contributed by atoms with Gasteiger partial charge in [0.25, 0.3) is 0 Å². The first-order valence-corrected chi connectivity index (χ1v) is 14.4. The summed E-state index contributed by atoms with van der Waals surface area (Å²) in [5, 5.41) is 19.8. The Bertz CT molecular complexity index is 495. The molecule has 0 fully saturated rings. The third-order valence-corrected chi connectivity index (χ3v) is 5.93. The molecule has 0 atom stereocenters. The highest BCUT2D eigenvalue weighted by Crippen LogP contribution is 2.27. The lowest BCUT2D eigenvalue weighted by Gasteiger charge is -2.34. The number of hydrogen-bond acceptors (Lipinski definition) is 9. The molecule has 0 aliphatic rings. The summed E-state index contributed by atoms with van der Waals surface area (Å²) in [6.45, 7) is 15.6. The molecule has 0 bridgehead atoms. The van der Waals surface area contributed by atoms with Gasteiger partial charge in [-0.1, -0.05) is 59.0 Å². The molecule has 0 aliphatic carbocycles. The fraction of sp³-hybridized carbons (Fsp3) is 0.931. The molecule has 9 heteroatoms. The molecule has 9 nitrogen and oxygen atoms in total. The number of unbranched alkanes of at least 4 members (excludes halogenated alkanes) is 7. The number of allylic oxidation sites excluding steroid dienone is 1. The van der Waals surface area contributed by atoms with Crippen LogP contribution >= 0.6 is 0 Å². The summed E-state index contributed by atoms with van der Waals surface area (Å²) in [5.74, 6) is -1.87. The van der Waals surface area contributed by atoms with Crippen LogP contribution in [0.25, 0.3) is 0 Å². The van der Waals surface area contributed by atoms with Crippen LogP contribution in [0, 0.1) is 5.41 Å². The molecule has 0 unspecified atom stereocenters. The van der Waals surface area contributed by atoms with Crippen LogP contribution in [-0.2, 0) is 33.2 Å². The highest BCUT2D eigenvalue weighted by Gasteiger charge is 2.38. The van der Waals surface area contributed by atoms with Gasteiger partial charge in [-0.05, 0) is 19.3 Å². The molecule has 0 aliphatic heterocycles. The van der Waals surface area contributed by atoms with Gasteiger partial charge in [0.05, 0.1) is 79.3 Å². The normalized spacial score (nSPS) is 12.3. The first kappa shape index (κ1) is 37.4. The number of hydrogen-bond donors (Lipinski definition) is 2. The van der Waals surface area contributed by atoms with E-state index in [0.29, 0.717) is 79.3 Å². The predicted molar refractivity (Wildman–Crippen MR) is 149 cm³/mol. The molecule has 2 N–H and O–H groups in total. The minimum Gasteiger partial charge on any atom is -0.379 e. The summed E-state index contributed by atoms with van der Waals surface area (Å²) in [5.41, 5.74) is -0.676. The van der Waals surface area contributed by atoms with Crippen molar-refractivity contribution in [2.45, 2.75) is 77.9 Å². The maximum Gasteiger partial charge on any atom is 0.191 e. The Morgan fingerprint density at radius 2 is 0.789 bits per heavy atom. The minimum absolute atomic E-state index is 0.155. The van der Waals surface area contributed by atoms with E-state index in [0.717, 1.165) is 19.4 Å². The molecule has 0 rings (SSSR count). The van der Waals surface area contributed by atoms with E-state index in [2.05, 4.69) is 6.58 Å². The lowest BCUT2D eigenvalue weighted by molar-refractivity contribution is -0.256. The second-order valence-electron chi connectivity index (χ2n) is 10.3. The maximum absolute atomic E-state index is 9.89. The van der Waals surface area contributed by atoms with Gasteiger partial charge in [-0.2, -0.15) is 0 Å². The van der Waals surface area contributed by atoms with Gasteiger partial charge in [-0.15, -0.1) is 6.58 Å². The van der Waals surface area contributed by atoms with Crippen molar-refractivity contribution >= 4 is 0 Å². The molecular weight excluding hydrogens is 492 g/mol. The lowest BCUT2D eigenvalue weighted by Crippen LogP contribution is -2.47. The Balaban J connectivity index is 3.13. The van der Waals surface area contributed by atoms with Gasteiger partial charge >= 0.3 is 0 Å². The van der Waals surface area contributed by atoms with Crippen LogP contribution in [-0.4, -0.2) is 108 Å². The summed E-state index contributed by atoms with van der Waals surface area (Å²) in [6.07, 6.45) is 12.1. The van der Waals surface area contributed by atoms with Crippen LogP contribution in [0.1, 0.15) is 72.1 Å². The average Bonchev–Trinajstić information content (AvgIpc) is 2.87. The molecule has 0 saturated heterocycles. The molecule has 0 radical (unpaired) electrons. The molecule has 0 heterocycles. The van der Waals surface area contributed by atoms with E-state index in [1.54, 1.807) is 20.8 Å². The molecular formula is C29H58O9. The summed E-state index contributed by atoms with van der Waals surface area (Å²) >= 11 is 0. The summed E-state index contributed by atoms with van der Waals surface area (Å²) < 4.78 is 38.1. The second kappa shape index (κ2) is 26.6. The largest absolute Gasteiger partial charge is 0.379 e. The topological polar surface area (TPSA) is 105 Å². The van der Waals surface area contributed by atoms with Crippen molar-refractivity contribution in [3.05, 3.63) is 12.7 Å². The van der Waals surface area contributed by atoms with Crippen molar-refractivity contribution in [3.8, 4) is 0 Å². The van der Waals surface area contributed by atoms with Crippen molar-refractivity contribution < 1.29 is 43.4 Å². The molecule has 0 aromatic rings. The average molecular weight is 551 g/mol. The fourth-order valence-electron chi connectivity index (χ4n) is 3.13. The Hall–Kier alpha value is -0.620. The van der Waals surface area contributed by atoms with Gasteiger partial charge in [-0.25, -0.2) is 0 Å². The molecule has 0 spiro atoms. The predicted octanol–water partition coefficient (Wildman–Crippen LogP) is 4.14. The van der Waals surface area contributed by atoms with Gasteiger partial charge in [0.15, 0.2) is 5.79 Å². The SMILES string of the molecule is C=CCCCCCCCCCOCCOCCOCCOCCOCCOCCOCC(O)(O)C(C)(C)C. The Morgan fingerprint density at radius 3 is 1.16 bits per heavy atom. The number of ether oxygens (including phenoxy) is 7. The third-order valence-electron chi connectivity index (χ3n) is 5.93. The highest BCUT2D eigenvalue weighted by atomic mass is 16.6. The first-order chi connectivity index (χ1) is 18.3. The zero-order valence-electron chi connectivity index (χ0n) is 24.6.